The van der Waals surface area contributed by atoms with Gasteiger partial charge in [0.15, 0.2) is 12.2 Å². The molecule has 0 amide bonds. The van der Waals surface area contributed by atoms with Crippen molar-refractivity contribution in [1.82, 2.24) is 0 Å². The standard InChI is InChI=1S/C81H138O17P2/c1-5-9-13-17-21-25-29-33-37-41-45-49-53-57-61-65-78(83)91-71-76(97-80(85)67-63-59-55-51-47-43-39-35-31-27-23-19-15-11-7-3)73-95-99(87,88)93-69-75(82)70-94-100(89,90)96-74-77(98-81(86)68-64-60-56-52-48-44-40-36-32-28-24-20-16-12-8-4)72-92-79(84)66-62-58-54-50-46-42-38-34-30-26-22-18-14-10-6-2/h9,13,21-28,33-40,45,49,75-77,82H,5-8,10-12,14-20,29-32,41-44,46-48,50-74H2,1-4H3,(H,87,88)(H,89,90)/b13-9-,25-21-,26-22-,27-23-,28-24-,37-33-,38-34-,39-35-,40-36-,49-45-. The van der Waals surface area contributed by atoms with Crippen molar-refractivity contribution >= 4 is 39.5 Å². The van der Waals surface area contributed by atoms with Crippen molar-refractivity contribution in [3.8, 4) is 0 Å². The molecule has 0 saturated carbocycles. The Morgan fingerprint density at radius 2 is 0.520 bits per heavy atom. The SMILES string of the molecule is CC/C=C\C/C=C\C/C=C\C/C=C\CCCCC(=O)OCC(COP(=O)(O)OCC(O)COP(=O)(O)OCC(COC(=O)CCCCCCC/C=C\C/C=C\CCCCC)OC(=O)CCCCCCC/C=C\C/C=C\CCCCC)OC(=O)CCCCCCC/C=C\C/C=C\CCCCC. The van der Waals surface area contributed by atoms with E-state index in [1.165, 1.54) is 57.8 Å². The highest BCUT2D eigenvalue weighted by Crippen LogP contribution is 2.45. The first-order chi connectivity index (χ1) is 48.7. The van der Waals surface area contributed by atoms with Crippen LogP contribution in [0.2, 0.25) is 0 Å². The third-order valence-electron chi connectivity index (χ3n) is 15.9. The van der Waals surface area contributed by atoms with E-state index in [1.54, 1.807) is 0 Å². The predicted molar refractivity (Wildman–Crippen MR) is 408 cm³/mol. The molecule has 0 fully saturated rings. The van der Waals surface area contributed by atoms with Crippen molar-refractivity contribution in [3.63, 3.8) is 0 Å². The molecule has 5 atom stereocenters. The summed E-state index contributed by atoms with van der Waals surface area (Å²) >= 11 is 0. The Labute approximate surface area is 606 Å². The number of unbranched alkanes of at least 4 members (excludes halogenated alkanes) is 26. The number of aliphatic hydroxyl groups is 1. The highest BCUT2D eigenvalue weighted by molar-refractivity contribution is 7.47. The van der Waals surface area contributed by atoms with Crippen LogP contribution in [0.15, 0.2) is 122 Å². The number of esters is 4. The number of aliphatic hydroxyl groups excluding tert-OH is 1. The predicted octanol–water partition coefficient (Wildman–Crippen LogP) is 22.3. The van der Waals surface area contributed by atoms with Gasteiger partial charge in [0.2, 0.25) is 0 Å². The van der Waals surface area contributed by atoms with Crippen LogP contribution in [-0.4, -0.2) is 96.7 Å². The lowest BCUT2D eigenvalue weighted by atomic mass is 10.1. The molecule has 3 N–H and O–H groups in total. The minimum atomic E-state index is -4.99. The summed E-state index contributed by atoms with van der Waals surface area (Å²) in [6, 6.07) is 0. The third kappa shape index (κ3) is 71.8. The molecule has 17 nitrogen and oxygen atoms in total. The number of hydrogen-bond acceptors (Lipinski definition) is 15. The molecule has 100 heavy (non-hydrogen) atoms. The quantitative estimate of drug-likeness (QED) is 0.0169. The van der Waals surface area contributed by atoms with Gasteiger partial charge < -0.3 is 33.8 Å². The van der Waals surface area contributed by atoms with Gasteiger partial charge in [-0.2, -0.15) is 0 Å². The minimum Gasteiger partial charge on any atom is -0.462 e. The summed E-state index contributed by atoms with van der Waals surface area (Å²) in [6.07, 6.45) is 78.9. The first kappa shape index (κ1) is 95.5. The summed E-state index contributed by atoms with van der Waals surface area (Å²) in [7, 11) is -9.98. The Bertz CT molecular complexity index is 2370. The smallest absolute Gasteiger partial charge is 0.462 e. The largest absolute Gasteiger partial charge is 0.472 e. The summed E-state index contributed by atoms with van der Waals surface area (Å²) in [5.41, 5.74) is 0. The molecule has 0 aliphatic carbocycles. The lowest BCUT2D eigenvalue weighted by Gasteiger charge is -2.21. The number of phosphoric ester groups is 2. The molecule has 0 spiro atoms. The molecular formula is C81H138O17P2. The number of ether oxygens (including phenoxy) is 4. The van der Waals surface area contributed by atoms with Crippen LogP contribution in [0.3, 0.4) is 0 Å². The number of allylic oxidation sites excluding steroid dienone is 20. The van der Waals surface area contributed by atoms with Gasteiger partial charge in [-0.05, 0) is 161 Å². The van der Waals surface area contributed by atoms with Gasteiger partial charge in [0.25, 0.3) is 0 Å². The minimum absolute atomic E-state index is 0.0670. The lowest BCUT2D eigenvalue weighted by molar-refractivity contribution is -0.161. The summed E-state index contributed by atoms with van der Waals surface area (Å²) in [6.45, 7) is 4.59. The molecule has 19 heteroatoms. The third-order valence-corrected chi connectivity index (χ3v) is 17.8. The van der Waals surface area contributed by atoms with Gasteiger partial charge in [-0.3, -0.25) is 37.3 Å². The summed E-state index contributed by atoms with van der Waals surface area (Å²) in [4.78, 5) is 72.9. The van der Waals surface area contributed by atoms with Gasteiger partial charge in [-0.15, -0.1) is 0 Å². The first-order valence-electron chi connectivity index (χ1n) is 38.8. The average molecular weight is 1450 g/mol. The molecule has 0 saturated heterocycles. The average Bonchev–Trinajstić information content (AvgIpc) is 1.01. The molecule has 0 aromatic carbocycles. The van der Waals surface area contributed by atoms with Gasteiger partial charge in [0.05, 0.1) is 26.4 Å². The van der Waals surface area contributed by atoms with Crippen molar-refractivity contribution in [2.75, 3.05) is 39.6 Å². The van der Waals surface area contributed by atoms with E-state index in [0.29, 0.717) is 25.7 Å². The molecule has 0 aromatic rings. The van der Waals surface area contributed by atoms with Crippen LogP contribution in [0.5, 0.6) is 0 Å². The number of phosphoric acid groups is 2. The lowest BCUT2D eigenvalue weighted by Crippen LogP contribution is -2.30. The van der Waals surface area contributed by atoms with Crippen molar-refractivity contribution in [1.29, 1.82) is 0 Å². The van der Waals surface area contributed by atoms with Gasteiger partial charge in [-0.1, -0.05) is 246 Å². The van der Waals surface area contributed by atoms with Crippen molar-refractivity contribution < 1.29 is 80.2 Å². The maximum atomic E-state index is 13.1. The number of rotatable bonds is 72. The molecule has 0 bridgehead atoms. The zero-order chi connectivity index (χ0) is 73.2. The zero-order valence-electron chi connectivity index (χ0n) is 62.6. The molecule has 0 aliphatic rings. The maximum absolute atomic E-state index is 13.1. The molecule has 0 radical (unpaired) electrons. The Morgan fingerprint density at radius 3 is 0.820 bits per heavy atom. The second kappa shape index (κ2) is 72.8. The first-order valence-corrected chi connectivity index (χ1v) is 41.8. The molecule has 0 rings (SSSR count). The number of carbonyl (C=O) groups is 4. The Kier molecular flexibility index (Phi) is 69.5. The van der Waals surface area contributed by atoms with Crippen molar-refractivity contribution in [2.24, 2.45) is 0 Å². The van der Waals surface area contributed by atoms with E-state index in [9.17, 15) is 43.2 Å². The fourth-order valence-electron chi connectivity index (χ4n) is 9.95. The fourth-order valence-corrected chi connectivity index (χ4v) is 11.5. The molecule has 5 unspecified atom stereocenters. The second-order valence-corrected chi connectivity index (χ2v) is 28.5. The topological polar surface area (TPSA) is 237 Å². The van der Waals surface area contributed by atoms with E-state index in [1.807, 2.05) is 0 Å². The van der Waals surface area contributed by atoms with Crippen LogP contribution in [0.4, 0.5) is 0 Å². The van der Waals surface area contributed by atoms with Crippen molar-refractivity contribution in [3.05, 3.63) is 122 Å². The highest BCUT2D eigenvalue weighted by atomic mass is 31.2. The van der Waals surface area contributed by atoms with Crippen LogP contribution in [0.1, 0.15) is 310 Å². The van der Waals surface area contributed by atoms with Gasteiger partial charge in [-0.25, -0.2) is 9.13 Å². The summed E-state index contributed by atoms with van der Waals surface area (Å²) in [5, 5.41) is 10.6. The van der Waals surface area contributed by atoms with Crippen LogP contribution in [-0.2, 0) is 65.4 Å². The van der Waals surface area contributed by atoms with Crippen LogP contribution >= 0.6 is 15.6 Å². The van der Waals surface area contributed by atoms with Crippen LogP contribution in [0.25, 0.3) is 0 Å². The Balaban J connectivity index is 5.43. The maximum Gasteiger partial charge on any atom is 0.472 e. The van der Waals surface area contributed by atoms with Gasteiger partial charge in [0, 0.05) is 25.7 Å². The molecular weight excluding hydrogens is 1310 g/mol. The second-order valence-electron chi connectivity index (χ2n) is 25.6. The van der Waals surface area contributed by atoms with E-state index < -0.39 is 97.5 Å². The fraction of sp³-hybridized carbons (Fsp3) is 0.704. The van der Waals surface area contributed by atoms with E-state index in [0.717, 1.165) is 173 Å². The monoisotopic (exact) mass is 1440 g/mol. The van der Waals surface area contributed by atoms with E-state index in [-0.39, 0.29) is 25.7 Å². The Hall–Kier alpha value is -4.54. The van der Waals surface area contributed by atoms with E-state index >= 15 is 0 Å². The van der Waals surface area contributed by atoms with Crippen LogP contribution < -0.4 is 0 Å². The van der Waals surface area contributed by atoms with Crippen molar-refractivity contribution in [2.45, 2.75) is 329 Å². The molecule has 574 valence electrons. The molecule has 0 aliphatic heterocycles. The van der Waals surface area contributed by atoms with Gasteiger partial charge >= 0.3 is 39.5 Å². The molecule has 0 heterocycles. The number of carbonyl (C=O) groups excluding carboxylic acids is 4. The summed E-state index contributed by atoms with van der Waals surface area (Å²) in [5.74, 6) is -2.27. The van der Waals surface area contributed by atoms with E-state index in [4.69, 9.17) is 37.0 Å². The number of hydrogen-bond donors (Lipinski definition) is 3. The zero-order valence-corrected chi connectivity index (χ0v) is 64.4. The van der Waals surface area contributed by atoms with E-state index in [2.05, 4.69) is 149 Å². The van der Waals surface area contributed by atoms with Crippen LogP contribution in [0, 0.1) is 0 Å². The highest BCUT2D eigenvalue weighted by Gasteiger charge is 2.30. The molecule has 0 aromatic heterocycles. The summed E-state index contributed by atoms with van der Waals surface area (Å²) < 4.78 is 68.5. The normalized spacial score (nSPS) is 14.6. The van der Waals surface area contributed by atoms with Gasteiger partial charge in [0.1, 0.15) is 19.3 Å². The Morgan fingerprint density at radius 1 is 0.290 bits per heavy atom.